The number of piperazine rings is 1. The summed E-state index contributed by atoms with van der Waals surface area (Å²) in [5, 5.41) is 4.07. The number of anilines is 2. The van der Waals surface area contributed by atoms with E-state index in [0.717, 1.165) is 65.5 Å². The van der Waals surface area contributed by atoms with Crippen molar-refractivity contribution < 1.29 is 9.53 Å². The third kappa shape index (κ3) is 4.54. The number of aryl methyl sites for hydroxylation is 1. The number of amides is 1. The van der Waals surface area contributed by atoms with E-state index in [9.17, 15) is 4.79 Å². The third-order valence-corrected chi connectivity index (χ3v) is 5.61. The molecule has 4 rings (SSSR count). The Kier molecular flexibility index (Phi) is 5.86. The summed E-state index contributed by atoms with van der Waals surface area (Å²) in [5.41, 5.74) is 3.82. The number of nitrogens with one attached hydrogen (secondary N) is 1. The monoisotopic (exact) mass is 404 g/mol. The highest BCUT2D eigenvalue weighted by Gasteiger charge is 2.16. The van der Waals surface area contributed by atoms with Gasteiger partial charge in [-0.2, -0.15) is 0 Å². The molecule has 6 nitrogen and oxygen atoms in total. The second-order valence-electron chi connectivity index (χ2n) is 7.90. The van der Waals surface area contributed by atoms with Gasteiger partial charge in [-0.05, 0) is 61.5 Å². The van der Waals surface area contributed by atoms with Crippen molar-refractivity contribution in [1.29, 1.82) is 0 Å². The van der Waals surface area contributed by atoms with E-state index < -0.39 is 0 Å². The van der Waals surface area contributed by atoms with Crippen molar-refractivity contribution >= 4 is 28.3 Å². The zero-order valence-electron chi connectivity index (χ0n) is 17.8. The molecule has 1 fully saturated rings. The number of nitrogens with zero attached hydrogens (tertiary/aromatic N) is 3. The van der Waals surface area contributed by atoms with Crippen molar-refractivity contribution in [3.63, 3.8) is 0 Å². The van der Waals surface area contributed by atoms with Crippen LogP contribution in [0.15, 0.2) is 48.5 Å². The normalized spacial score (nSPS) is 14.7. The molecule has 1 saturated heterocycles. The second kappa shape index (κ2) is 8.71. The van der Waals surface area contributed by atoms with Crippen molar-refractivity contribution in [1.82, 2.24) is 9.88 Å². The van der Waals surface area contributed by atoms with Crippen LogP contribution in [0.2, 0.25) is 0 Å². The second-order valence-corrected chi connectivity index (χ2v) is 7.90. The highest BCUT2D eigenvalue weighted by Crippen LogP contribution is 2.26. The highest BCUT2D eigenvalue weighted by atomic mass is 16.5. The molecule has 2 aromatic carbocycles. The van der Waals surface area contributed by atoms with E-state index >= 15 is 0 Å². The Balaban J connectivity index is 1.49. The van der Waals surface area contributed by atoms with Gasteiger partial charge in [0, 0.05) is 37.3 Å². The van der Waals surface area contributed by atoms with Crippen LogP contribution in [-0.2, 0) is 11.2 Å². The van der Waals surface area contributed by atoms with Gasteiger partial charge in [0.2, 0.25) is 5.91 Å². The Morgan fingerprint density at radius 1 is 1.10 bits per heavy atom. The van der Waals surface area contributed by atoms with Gasteiger partial charge in [0.1, 0.15) is 11.6 Å². The third-order valence-electron chi connectivity index (χ3n) is 5.61. The average molecular weight is 405 g/mol. The lowest BCUT2D eigenvalue weighted by atomic mass is 10.1. The van der Waals surface area contributed by atoms with Crippen molar-refractivity contribution in [2.45, 2.75) is 13.3 Å². The van der Waals surface area contributed by atoms with Crippen molar-refractivity contribution in [3.05, 3.63) is 59.7 Å². The molecule has 156 valence electrons. The van der Waals surface area contributed by atoms with Crippen LogP contribution in [0.4, 0.5) is 11.5 Å². The molecule has 0 atom stereocenters. The maximum absolute atomic E-state index is 12.5. The molecular weight excluding hydrogens is 376 g/mol. The molecule has 0 radical (unpaired) electrons. The standard InChI is InChI=1S/C24H28N4O2/c1-17-13-23(28-11-9-27(2)10-12-28)26-22-8-7-19(16-21(17)22)25-24(29)15-18-5-4-6-20(14-18)30-3/h4-8,13-14,16H,9-12,15H2,1-3H3,(H,25,29). The largest absolute Gasteiger partial charge is 0.497 e. The highest BCUT2D eigenvalue weighted by molar-refractivity contribution is 5.95. The number of carbonyl (C=O) groups excluding carboxylic acids is 1. The first-order valence-electron chi connectivity index (χ1n) is 10.3. The number of pyridine rings is 1. The number of likely N-dealkylation sites (N-methyl/N-ethyl adjacent to an activating group) is 1. The van der Waals surface area contributed by atoms with Crippen LogP contribution in [-0.4, -0.2) is 56.1 Å². The first-order chi connectivity index (χ1) is 14.5. The van der Waals surface area contributed by atoms with Crippen molar-refractivity contribution in [2.75, 3.05) is 50.6 Å². The Morgan fingerprint density at radius 2 is 1.90 bits per heavy atom. The van der Waals surface area contributed by atoms with Crippen LogP contribution in [0, 0.1) is 6.92 Å². The molecule has 0 unspecified atom stereocenters. The van der Waals surface area contributed by atoms with E-state index in [1.807, 2.05) is 42.5 Å². The van der Waals surface area contributed by atoms with Gasteiger partial charge in [0.15, 0.2) is 0 Å². The quantitative estimate of drug-likeness (QED) is 0.706. The fourth-order valence-corrected chi connectivity index (χ4v) is 3.82. The molecule has 1 aliphatic rings. The van der Waals surface area contributed by atoms with Gasteiger partial charge in [-0.1, -0.05) is 12.1 Å². The van der Waals surface area contributed by atoms with Gasteiger partial charge >= 0.3 is 0 Å². The van der Waals surface area contributed by atoms with Gasteiger partial charge in [0.25, 0.3) is 0 Å². The lowest BCUT2D eigenvalue weighted by Crippen LogP contribution is -2.44. The van der Waals surface area contributed by atoms with Gasteiger partial charge in [-0.15, -0.1) is 0 Å². The summed E-state index contributed by atoms with van der Waals surface area (Å²) in [6.07, 6.45) is 0.300. The van der Waals surface area contributed by atoms with Crippen LogP contribution < -0.4 is 15.0 Å². The molecule has 0 aliphatic carbocycles. The fourth-order valence-electron chi connectivity index (χ4n) is 3.82. The summed E-state index contributed by atoms with van der Waals surface area (Å²) >= 11 is 0. The molecule has 0 saturated carbocycles. The van der Waals surface area contributed by atoms with Crippen molar-refractivity contribution in [2.24, 2.45) is 0 Å². The molecule has 1 N–H and O–H groups in total. The molecule has 30 heavy (non-hydrogen) atoms. The zero-order valence-corrected chi connectivity index (χ0v) is 17.8. The molecule has 0 bridgehead atoms. The minimum Gasteiger partial charge on any atom is -0.497 e. The van der Waals surface area contributed by atoms with E-state index in [2.05, 4.69) is 35.2 Å². The van der Waals surface area contributed by atoms with E-state index in [0.29, 0.717) is 6.42 Å². The number of rotatable bonds is 5. The van der Waals surface area contributed by atoms with Gasteiger partial charge in [0.05, 0.1) is 19.0 Å². The topological polar surface area (TPSA) is 57.7 Å². The Bertz CT molecular complexity index is 1060. The molecule has 2 heterocycles. The molecule has 1 aliphatic heterocycles. The predicted octanol–water partition coefficient (Wildman–Crippen LogP) is 3.48. The number of methoxy groups -OCH3 is 1. The minimum absolute atomic E-state index is 0.0535. The zero-order chi connectivity index (χ0) is 21.1. The van der Waals surface area contributed by atoms with E-state index in [1.165, 1.54) is 0 Å². The molecular formula is C24H28N4O2. The number of carbonyl (C=O) groups is 1. The lowest BCUT2D eigenvalue weighted by molar-refractivity contribution is -0.115. The predicted molar refractivity (Wildman–Crippen MR) is 122 cm³/mol. The van der Waals surface area contributed by atoms with Crippen LogP contribution >= 0.6 is 0 Å². The molecule has 6 heteroatoms. The maximum Gasteiger partial charge on any atom is 0.228 e. The van der Waals surface area contributed by atoms with Gasteiger partial charge in [-0.25, -0.2) is 4.98 Å². The maximum atomic E-state index is 12.5. The van der Waals surface area contributed by atoms with E-state index in [-0.39, 0.29) is 5.91 Å². The summed E-state index contributed by atoms with van der Waals surface area (Å²) in [4.78, 5) is 22.1. The smallest absolute Gasteiger partial charge is 0.228 e. The average Bonchev–Trinajstić information content (AvgIpc) is 2.74. The SMILES string of the molecule is COc1cccc(CC(=O)Nc2ccc3nc(N4CCN(C)CC4)cc(C)c3c2)c1. The van der Waals surface area contributed by atoms with E-state index in [4.69, 9.17) is 9.72 Å². The number of hydrogen-bond acceptors (Lipinski definition) is 5. The summed E-state index contributed by atoms with van der Waals surface area (Å²) in [6, 6.07) is 15.6. The summed E-state index contributed by atoms with van der Waals surface area (Å²) in [5.74, 6) is 1.73. The number of benzene rings is 2. The summed E-state index contributed by atoms with van der Waals surface area (Å²) in [6.45, 7) is 6.19. The Morgan fingerprint density at radius 3 is 2.67 bits per heavy atom. The summed E-state index contributed by atoms with van der Waals surface area (Å²) in [7, 11) is 3.78. The van der Waals surface area contributed by atoms with Crippen LogP contribution in [0.3, 0.4) is 0 Å². The first kappa shape index (κ1) is 20.2. The molecule has 3 aromatic rings. The van der Waals surface area contributed by atoms with Crippen molar-refractivity contribution in [3.8, 4) is 5.75 Å². The summed E-state index contributed by atoms with van der Waals surface area (Å²) < 4.78 is 5.23. The Labute approximate surface area is 177 Å². The van der Waals surface area contributed by atoms with Crippen LogP contribution in [0.5, 0.6) is 5.75 Å². The number of ether oxygens (including phenoxy) is 1. The molecule has 1 amide bonds. The Hall–Kier alpha value is -3.12. The van der Waals surface area contributed by atoms with E-state index in [1.54, 1.807) is 7.11 Å². The first-order valence-corrected chi connectivity index (χ1v) is 10.3. The van der Waals surface area contributed by atoms with Gasteiger partial charge in [-0.3, -0.25) is 4.79 Å². The molecule has 1 aromatic heterocycles. The fraction of sp³-hybridized carbons (Fsp3) is 0.333. The molecule has 0 spiro atoms. The minimum atomic E-state index is -0.0535. The number of hydrogen-bond donors (Lipinski definition) is 1. The number of aromatic nitrogens is 1. The lowest BCUT2D eigenvalue weighted by Gasteiger charge is -2.33. The number of fused-ring (bicyclic) bond motifs is 1. The van der Waals surface area contributed by atoms with Crippen LogP contribution in [0.1, 0.15) is 11.1 Å². The van der Waals surface area contributed by atoms with Gasteiger partial charge < -0.3 is 19.9 Å². The van der Waals surface area contributed by atoms with Crippen LogP contribution in [0.25, 0.3) is 10.9 Å².